The molecule has 1 aliphatic heterocycles. The van der Waals surface area contributed by atoms with Crippen molar-refractivity contribution >= 4 is 49.6 Å². The van der Waals surface area contributed by atoms with E-state index >= 15 is 0 Å². The van der Waals surface area contributed by atoms with E-state index in [1.165, 1.54) is 0 Å². The minimum Gasteiger partial charge on any atom is -0.444 e. The number of rotatable bonds is 9. The second kappa shape index (κ2) is 10.4. The summed E-state index contributed by atoms with van der Waals surface area (Å²) in [6.07, 6.45) is 3.49. The minimum absolute atomic E-state index is 0.0450. The highest BCUT2D eigenvalue weighted by molar-refractivity contribution is 9.10. The lowest BCUT2D eigenvalue weighted by Gasteiger charge is -2.39. The third-order valence-corrected chi connectivity index (χ3v) is 7.63. The first kappa shape index (κ1) is 25.9. The van der Waals surface area contributed by atoms with Crippen LogP contribution in [0.1, 0.15) is 46.5 Å². The number of nitrogens with one attached hydrogen (secondary N) is 3. The van der Waals surface area contributed by atoms with E-state index in [1.54, 1.807) is 10.6 Å². The fraction of sp³-hybridized carbons (Fsp3) is 0.714. The van der Waals surface area contributed by atoms with Crippen LogP contribution in [0.2, 0.25) is 0 Å². The fourth-order valence-electron chi connectivity index (χ4n) is 4.16. The van der Waals surface area contributed by atoms with E-state index in [9.17, 15) is 13.2 Å². The Bertz CT molecular complexity index is 1150. The lowest BCUT2D eigenvalue weighted by Crippen LogP contribution is -2.52. The molecule has 1 saturated heterocycles. The van der Waals surface area contributed by atoms with Gasteiger partial charge in [0, 0.05) is 44.2 Å². The summed E-state index contributed by atoms with van der Waals surface area (Å²) in [5.74, 6) is 1.13. The summed E-state index contributed by atoms with van der Waals surface area (Å²) in [5.41, 5.74) is 0.0556. The van der Waals surface area contributed by atoms with Crippen LogP contribution in [0, 0.1) is 5.92 Å². The Kier molecular flexibility index (Phi) is 7.71. The van der Waals surface area contributed by atoms with Crippen molar-refractivity contribution in [2.24, 2.45) is 5.92 Å². The normalized spacial score (nSPS) is 17.5. The number of halogens is 1. The van der Waals surface area contributed by atoms with Crippen molar-refractivity contribution in [3.63, 3.8) is 0 Å². The molecular formula is C21H33BrN8O4S. The van der Waals surface area contributed by atoms with Crippen LogP contribution in [0.5, 0.6) is 0 Å². The van der Waals surface area contributed by atoms with Crippen LogP contribution in [0.25, 0.3) is 5.65 Å². The first-order chi connectivity index (χ1) is 16.5. The molecule has 2 fully saturated rings. The highest BCUT2D eigenvalue weighted by Gasteiger charge is 2.30. The summed E-state index contributed by atoms with van der Waals surface area (Å²) >= 11 is 3.37. The number of sulfonamides is 1. The molecule has 0 bridgehead atoms. The summed E-state index contributed by atoms with van der Waals surface area (Å²) in [6, 6.07) is 1.82. The largest absolute Gasteiger partial charge is 0.444 e. The minimum atomic E-state index is -3.39. The Labute approximate surface area is 213 Å². The Balaban J connectivity index is 1.34. The number of hydrogen-bond donors (Lipinski definition) is 3. The van der Waals surface area contributed by atoms with Crippen LogP contribution >= 0.6 is 15.9 Å². The highest BCUT2D eigenvalue weighted by atomic mass is 79.9. The van der Waals surface area contributed by atoms with Gasteiger partial charge in [0.05, 0.1) is 5.75 Å². The summed E-state index contributed by atoms with van der Waals surface area (Å²) in [6.45, 7) is 7.53. The van der Waals surface area contributed by atoms with E-state index in [1.807, 2.05) is 25.7 Å². The van der Waals surface area contributed by atoms with E-state index in [2.05, 4.69) is 46.4 Å². The van der Waals surface area contributed by atoms with Crippen LogP contribution < -0.4 is 20.3 Å². The van der Waals surface area contributed by atoms with Gasteiger partial charge in [0.1, 0.15) is 10.2 Å². The van der Waals surface area contributed by atoms with Gasteiger partial charge in [-0.3, -0.25) is 0 Å². The van der Waals surface area contributed by atoms with Gasteiger partial charge in [-0.1, -0.05) is 12.8 Å². The standard InChI is InChI=1S/C21H33BrN8O4S/c1-21(2,3)34-20(31)24-11-14-12-29(13-14)19-25-17-10-16(22)27-30(17)18(26-19)23-8-9-35(32,33)28-15-6-4-5-7-15/h10,14-15,28H,4-9,11-13H2,1-3H3,(H,24,31)(H,23,25,26). The lowest BCUT2D eigenvalue weighted by atomic mass is 10.0. The molecule has 3 N–H and O–H groups in total. The van der Waals surface area contributed by atoms with Crippen LogP contribution in [-0.4, -0.2) is 77.7 Å². The average molecular weight is 574 g/mol. The molecule has 35 heavy (non-hydrogen) atoms. The molecule has 3 heterocycles. The number of nitrogens with zero attached hydrogens (tertiary/aromatic N) is 5. The number of amides is 1. The average Bonchev–Trinajstić information content (AvgIpc) is 3.33. The number of carbonyl (C=O) groups is 1. The number of alkyl carbamates (subject to hydrolysis) is 1. The molecule has 0 radical (unpaired) electrons. The van der Waals surface area contributed by atoms with E-state index in [4.69, 9.17) is 4.74 Å². The van der Waals surface area contributed by atoms with Crippen LogP contribution in [-0.2, 0) is 14.8 Å². The Morgan fingerprint density at radius 2 is 1.94 bits per heavy atom. The van der Waals surface area contributed by atoms with Crippen LogP contribution in [0.4, 0.5) is 16.7 Å². The Hall–Kier alpha value is -2.19. The molecule has 1 aliphatic carbocycles. The number of anilines is 2. The number of carbonyl (C=O) groups excluding carboxylic acids is 1. The van der Waals surface area contributed by atoms with Crippen molar-refractivity contribution in [2.75, 3.05) is 42.1 Å². The smallest absolute Gasteiger partial charge is 0.407 e. The van der Waals surface area contributed by atoms with E-state index in [0.717, 1.165) is 25.7 Å². The van der Waals surface area contributed by atoms with Gasteiger partial charge in [0.25, 0.3) is 0 Å². The van der Waals surface area contributed by atoms with Crippen molar-refractivity contribution in [3.05, 3.63) is 10.7 Å². The number of ether oxygens (including phenoxy) is 1. The molecule has 2 aliphatic rings. The third-order valence-electron chi connectivity index (χ3n) is 5.81. The summed E-state index contributed by atoms with van der Waals surface area (Å²) < 4.78 is 35.1. The molecule has 2 aromatic heterocycles. The molecule has 1 saturated carbocycles. The monoisotopic (exact) mass is 572 g/mol. The van der Waals surface area contributed by atoms with E-state index < -0.39 is 21.7 Å². The van der Waals surface area contributed by atoms with Gasteiger partial charge in [-0.05, 0) is 49.5 Å². The zero-order valence-electron chi connectivity index (χ0n) is 20.3. The molecule has 0 spiro atoms. The van der Waals surface area contributed by atoms with Gasteiger partial charge in [0.15, 0.2) is 5.65 Å². The van der Waals surface area contributed by atoms with Crippen molar-refractivity contribution in [1.82, 2.24) is 29.6 Å². The maximum atomic E-state index is 12.4. The second-order valence-corrected chi connectivity index (χ2v) is 12.8. The molecule has 2 aromatic rings. The summed E-state index contributed by atoms with van der Waals surface area (Å²) in [5, 5.41) is 10.3. The molecule has 14 heteroatoms. The van der Waals surface area contributed by atoms with Crippen molar-refractivity contribution in [2.45, 2.75) is 58.1 Å². The van der Waals surface area contributed by atoms with Gasteiger partial charge in [-0.25, -0.2) is 17.9 Å². The lowest BCUT2D eigenvalue weighted by molar-refractivity contribution is 0.0516. The van der Waals surface area contributed by atoms with Gasteiger partial charge in [0.2, 0.25) is 21.9 Å². The number of aromatic nitrogens is 4. The zero-order chi connectivity index (χ0) is 25.2. The molecule has 4 rings (SSSR count). The molecule has 1 amide bonds. The maximum Gasteiger partial charge on any atom is 0.407 e. The van der Waals surface area contributed by atoms with Gasteiger partial charge in [-0.2, -0.15) is 19.6 Å². The van der Waals surface area contributed by atoms with Crippen LogP contribution in [0.15, 0.2) is 10.7 Å². The molecule has 0 unspecified atom stereocenters. The van der Waals surface area contributed by atoms with E-state index in [-0.39, 0.29) is 24.3 Å². The predicted molar refractivity (Wildman–Crippen MR) is 136 cm³/mol. The molecule has 12 nitrogen and oxygen atoms in total. The van der Waals surface area contributed by atoms with Gasteiger partial charge < -0.3 is 20.3 Å². The first-order valence-corrected chi connectivity index (χ1v) is 14.3. The third kappa shape index (κ3) is 7.17. The topological polar surface area (TPSA) is 143 Å². The molecule has 194 valence electrons. The highest BCUT2D eigenvalue weighted by Crippen LogP contribution is 2.24. The quantitative estimate of drug-likeness (QED) is 0.411. The Morgan fingerprint density at radius 1 is 1.23 bits per heavy atom. The second-order valence-electron chi connectivity index (χ2n) is 10.1. The number of fused-ring (bicyclic) bond motifs is 1. The van der Waals surface area contributed by atoms with Crippen molar-refractivity contribution in [3.8, 4) is 0 Å². The van der Waals surface area contributed by atoms with Crippen LogP contribution in [0.3, 0.4) is 0 Å². The molecule has 0 aromatic carbocycles. The van der Waals surface area contributed by atoms with Gasteiger partial charge >= 0.3 is 6.09 Å². The van der Waals surface area contributed by atoms with Crippen molar-refractivity contribution in [1.29, 1.82) is 0 Å². The number of hydrogen-bond acceptors (Lipinski definition) is 9. The Morgan fingerprint density at radius 3 is 2.63 bits per heavy atom. The summed E-state index contributed by atoms with van der Waals surface area (Å²) in [7, 11) is -3.39. The first-order valence-electron chi connectivity index (χ1n) is 11.9. The maximum absolute atomic E-state index is 12.4. The van der Waals surface area contributed by atoms with E-state index in [0.29, 0.717) is 41.8 Å². The molecular weight excluding hydrogens is 540 g/mol. The summed E-state index contributed by atoms with van der Waals surface area (Å²) in [4.78, 5) is 23.1. The molecule has 0 atom stereocenters. The predicted octanol–water partition coefficient (Wildman–Crippen LogP) is 2.12. The fourth-order valence-corrected chi connectivity index (χ4v) is 5.76. The SMILES string of the molecule is CC(C)(C)OC(=O)NCC1CN(c2nc(NCCS(=O)(=O)NC3CCCC3)n3nc(Br)cc3n2)C1. The zero-order valence-corrected chi connectivity index (χ0v) is 22.7. The van der Waals surface area contributed by atoms with Gasteiger partial charge in [-0.15, -0.1) is 0 Å². The van der Waals surface area contributed by atoms with Crippen molar-refractivity contribution < 1.29 is 17.9 Å².